The van der Waals surface area contributed by atoms with Crippen LogP contribution in [0.3, 0.4) is 0 Å². The van der Waals surface area contributed by atoms with Crippen molar-refractivity contribution in [2.75, 3.05) is 19.0 Å². The predicted octanol–water partition coefficient (Wildman–Crippen LogP) is 3.51. The van der Waals surface area contributed by atoms with E-state index in [0.717, 1.165) is 18.7 Å². The highest BCUT2D eigenvalue weighted by molar-refractivity contribution is 6.31. The van der Waals surface area contributed by atoms with Crippen molar-refractivity contribution in [3.63, 3.8) is 0 Å². The van der Waals surface area contributed by atoms with E-state index < -0.39 is 12.2 Å². The first-order valence-electron chi connectivity index (χ1n) is 8.52. The molecule has 0 aromatic heterocycles. The maximum atomic E-state index is 13.2. The van der Waals surface area contributed by atoms with Crippen LogP contribution in [0.4, 0.5) is 10.1 Å². The summed E-state index contributed by atoms with van der Waals surface area (Å²) in [7, 11) is 1.67. The molecule has 1 fully saturated rings. The molecular weight excluding hydrogens is 345 g/mol. The van der Waals surface area contributed by atoms with Crippen LogP contribution in [0.5, 0.6) is 0 Å². The predicted molar refractivity (Wildman–Crippen MR) is 97.0 cm³/mol. The second kappa shape index (κ2) is 8.17. The molecule has 5 nitrogen and oxygen atoms in total. The number of methoxy groups -OCH3 is 1. The lowest BCUT2D eigenvalue weighted by Crippen LogP contribution is -2.40. The first-order valence-corrected chi connectivity index (χ1v) is 8.90. The SMILES string of the molecule is COC1=NC=C(CN[C@H](O)Nc2ccc(F)c(Cl)c2)C2CCCCC12. The summed E-state index contributed by atoms with van der Waals surface area (Å²) >= 11 is 5.75. The first kappa shape index (κ1) is 18.2. The molecule has 1 aromatic carbocycles. The average Bonchev–Trinajstić information content (AvgIpc) is 2.62. The Morgan fingerprint density at radius 3 is 2.84 bits per heavy atom. The van der Waals surface area contributed by atoms with Gasteiger partial charge in [-0.1, -0.05) is 24.4 Å². The van der Waals surface area contributed by atoms with Gasteiger partial charge >= 0.3 is 0 Å². The van der Waals surface area contributed by atoms with Crippen LogP contribution < -0.4 is 10.6 Å². The molecular formula is C18H23ClFN3O2. The van der Waals surface area contributed by atoms with Gasteiger partial charge in [-0.25, -0.2) is 9.38 Å². The van der Waals surface area contributed by atoms with Gasteiger partial charge in [-0.15, -0.1) is 0 Å². The van der Waals surface area contributed by atoms with Gasteiger partial charge in [0, 0.05) is 24.4 Å². The molecule has 25 heavy (non-hydrogen) atoms. The molecule has 0 spiro atoms. The van der Waals surface area contributed by atoms with Crippen molar-refractivity contribution < 1.29 is 14.2 Å². The Bertz CT molecular complexity index is 680. The molecule has 3 atom stereocenters. The third-order valence-corrected chi connectivity index (χ3v) is 5.14. The van der Waals surface area contributed by atoms with E-state index in [-0.39, 0.29) is 5.02 Å². The maximum Gasteiger partial charge on any atom is 0.191 e. The average molecular weight is 368 g/mol. The molecule has 1 aromatic rings. The van der Waals surface area contributed by atoms with Gasteiger partial charge in [0.05, 0.1) is 12.1 Å². The van der Waals surface area contributed by atoms with Crippen LogP contribution in [0.15, 0.2) is 35.0 Å². The largest absolute Gasteiger partial charge is 0.484 e. The molecule has 7 heteroatoms. The Kier molecular flexibility index (Phi) is 5.93. The zero-order valence-electron chi connectivity index (χ0n) is 14.1. The summed E-state index contributed by atoms with van der Waals surface area (Å²) < 4.78 is 18.6. The fourth-order valence-corrected chi connectivity index (χ4v) is 3.78. The fraction of sp³-hybridized carbons (Fsp3) is 0.500. The molecule has 2 aliphatic rings. The summed E-state index contributed by atoms with van der Waals surface area (Å²) in [5.41, 5.74) is 1.71. The summed E-state index contributed by atoms with van der Waals surface area (Å²) in [6.07, 6.45) is 5.46. The fourth-order valence-electron chi connectivity index (χ4n) is 3.60. The van der Waals surface area contributed by atoms with Crippen LogP contribution in [0.25, 0.3) is 0 Å². The monoisotopic (exact) mass is 367 g/mol. The summed E-state index contributed by atoms with van der Waals surface area (Å²) in [6.45, 7) is 0.519. The van der Waals surface area contributed by atoms with Gasteiger partial charge in [-0.05, 0) is 42.5 Å². The molecule has 136 valence electrons. The number of hydrogen-bond donors (Lipinski definition) is 3. The Balaban J connectivity index is 1.59. The first-order chi connectivity index (χ1) is 12.1. The molecule has 1 aliphatic carbocycles. The molecule has 3 rings (SSSR count). The van der Waals surface area contributed by atoms with Crippen molar-refractivity contribution in [1.82, 2.24) is 5.32 Å². The zero-order valence-corrected chi connectivity index (χ0v) is 14.9. The van der Waals surface area contributed by atoms with Crippen molar-refractivity contribution in [3.8, 4) is 0 Å². The lowest BCUT2D eigenvalue weighted by Gasteiger charge is -2.35. The summed E-state index contributed by atoms with van der Waals surface area (Å²) in [6, 6.07) is 4.22. The molecule has 2 unspecified atom stereocenters. The standard InChI is InChI=1S/C18H23ClFN3O2/c1-25-17-14-5-3-2-4-13(14)11(9-21-17)10-22-18(24)23-12-6-7-16(20)15(19)8-12/h6-9,13-14,18,22-24H,2-5,10H2,1H3/t13?,14?,18-/m0/s1. The van der Waals surface area contributed by atoms with Crippen molar-refractivity contribution in [1.29, 1.82) is 0 Å². The van der Waals surface area contributed by atoms with Gasteiger partial charge < -0.3 is 15.2 Å². The van der Waals surface area contributed by atoms with Gasteiger partial charge in [0.2, 0.25) is 0 Å². The van der Waals surface area contributed by atoms with Crippen LogP contribution in [0.2, 0.25) is 5.02 Å². The molecule has 1 aliphatic heterocycles. The van der Waals surface area contributed by atoms with E-state index in [4.69, 9.17) is 16.3 Å². The second-order valence-corrected chi connectivity index (χ2v) is 6.84. The van der Waals surface area contributed by atoms with Crippen molar-refractivity contribution in [2.24, 2.45) is 16.8 Å². The maximum absolute atomic E-state index is 13.2. The summed E-state index contributed by atoms with van der Waals surface area (Å²) in [5, 5.41) is 16.0. The molecule has 3 N–H and O–H groups in total. The van der Waals surface area contributed by atoms with Gasteiger partial charge in [-0.2, -0.15) is 0 Å². The van der Waals surface area contributed by atoms with E-state index in [0.29, 0.717) is 24.1 Å². The highest BCUT2D eigenvalue weighted by Gasteiger charge is 2.34. The highest BCUT2D eigenvalue weighted by Crippen LogP contribution is 2.38. The minimum Gasteiger partial charge on any atom is -0.484 e. The van der Waals surface area contributed by atoms with Crippen LogP contribution in [-0.4, -0.2) is 31.0 Å². The number of aliphatic hydroxyl groups is 1. The topological polar surface area (TPSA) is 65.9 Å². The number of nitrogens with one attached hydrogen (secondary N) is 2. The number of aliphatic imine (C=N–C) groups is 1. The molecule has 0 saturated heterocycles. The number of anilines is 1. The minimum absolute atomic E-state index is 0.0127. The Morgan fingerprint density at radius 2 is 2.12 bits per heavy atom. The van der Waals surface area contributed by atoms with Crippen molar-refractivity contribution in [3.05, 3.63) is 40.8 Å². The molecule has 0 amide bonds. The van der Waals surface area contributed by atoms with E-state index >= 15 is 0 Å². The number of hydrogen-bond acceptors (Lipinski definition) is 5. The minimum atomic E-state index is -0.975. The van der Waals surface area contributed by atoms with Crippen LogP contribution in [-0.2, 0) is 4.74 Å². The molecule has 1 saturated carbocycles. The number of fused-ring (bicyclic) bond motifs is 1. The van der Waals surface area contributed by atoms with Gasteiger partial charge in [0.25, 0.3) is 0 Å². The van der Waals surface area contributed by atoms with Gasteiger partial charge in [-0.3, -0.25) is 5.32 Å². The molecule has 0 bridgehead atoms. The van der Waals surface area contributed by atoms with Crippen LogP contribution >= 0.6 is 11.6 Å². The smallest absolute Gasteiger partial charge is 0.191 e. The summed E-state index contributed by atoms with van der Waals surface area (Å²) in [4.78, 5) is 4.43. The third kappa shape index (κ3) is 4.32. The number of nitrogens with zero attached hydrogens (tertiary/aromatic N) is 1. The van der Waals surface area contributed by atoms with Crippen LogP contribution in [0.1, 0.15) is 25.7 Å². The number of benzene rings is 1. The van der Waals surface area contributed by atoms with Gasteiger partial charge in [0.15, 0.2) is 12.2 Å². The third-order valence-electron chi connectivity index (χ3n) is 4.85. The highest BCUT2D eigenvalue weighted by atomic mass is 35.5. The number of rotatable bonds is 5. The number of ether oxygens (including phenoxy) is 1. The van der Waals surface area contributed by atoms with Crippen LogP contribution in [0, 0.1) is 17.7 Å². The lowest BCUT2D eigenvalue weighted by atomic mass is 9.74. The van der Waals surface area contributed by atoms with Gasteiger partial charge in [0.1, 0.15) is 5.82 Å². The number of aliphatic hydroxyl groups excluding tert-OH is 1. The quantitative estimate of drug-likeness (QED) is 0.697. The molecule has 0 radical (unpaired) electrons. The van der Waals surface area contributed by atoms with E-state index in [2.05, 4.69) is 15.6 Å². The zero-order chi connectivity index (χ0) is 17.8. The lowest BCUT2D eigenvalue weighted by molar-refractivity contribution is 0.166. The normalized spacial score (nSPS) is 24.0. The Labute approximate surface area is 151 Å². The molecule has 1 heterocycles. The van der Waals surface area contributed by atoms with Crippen molar-refractivity contribution >= 4 is 23.2 Å². The number of halogens is 2. The second-order valence-electron chi connectivity index (χ2n) is 6.43. The van der Waals surface area contributed by atoms with E-state index in [1.807, 2.05) is 6.20 Å². The Morgan fingerprint density at radius 1 is 1.36 bits per heavy atom. The van der Waals surface area contributed by atoms with E-state index in [9.17, 15) is 9.50 Å². The van der Waals surface area contributed by atoms with Crippen molar-refractivity contribution in [2.45, 2.75) is 32.0 Å². The Hall–Kier alpha value is -1.63. The van der Waals surface area contributed by atoms with E-state index in [1.54, 1.807) is 7.11 Å². The summed E-state index contributed by atoms with van der Waals surface area (Å²) in [5.74, 6) is 1.06. The van der Waals surface area contributed by atoms with E-state index in [1.165, 1.54) is 36.6 Å².